The van der Waals surface area contributed by atoms with Crippen molar-refractivity contribution in [3.63, 3.8) is 0 Å². The first-order valence-corrected chi connectivity index (χ1v) is 14.5. The highest BCUT2D eigenvalue weighted by atomic mass is 35.5. The minimum Gasteiger partial charge on any atom is -0.461 e. The lowest BCUT2D eigenvalue weighted by atomic mass is 9.68. The molecule has 190 valence electrons. The number of aromatic nitrogens is 1. The lowest BCUT2D eigenvalue weighted by Gasteiger charge is -2.43. The number of carbonyl (C=O) groups is 3. The third-order valence-electron chi connectivity index (χ3n) is 8.15. The van der Waals surface area contributed by atoms with Gasteiger partial charge in [-0.15, -0.1) is 11.8 Å². The summed E-state index contributed by atoms with van der Waals surface area (Å²) < 4.78 is 5.30. The molecule has 11 heteroatoms. The first kappa shape index (κ1) is 24.5. The number of thiazole rings is 1. The van der Waals surface area contributed by atoms with Crippen LogP contribution >= 0.6 is 46.3 Å². The maximum Gasteiger partial charge on any atom is 0.329 e. The van der Waals surface area contributed by atoms with Gasteiger partial charge in [0.25, 0.3) is 0 Å². The Morgan fingerprint density at radius 3 is 2.50 bits per heavy atom. The molecule has 8 atom stereocenters. The van der Waals surface area contributed by atoms with Crippen molar-refractivity contribution < 1.29 is 19.1 Å². The molecule has 4 aliphatic rings. The summed E-state index contributed by atoms with van der Waals surface area (Å²) >= 11 is 15.8. The normalized spacial score (nSPS) is 33.1. The van der Waals surface area contributed by atoms with Gasteiger partial charge in [-0.05, 0) is 56.6 Å². The van der Waals surface area contributed by atoms with E-state index in [9.17, 15) is 19.2 Å². The second-order valence-corrected chi connectivity index (χ2v) is 13.3. The van der Waals surface area contributed by atoms with Gasteiger partial charge in [-0.1, -0.05) is 46.7 Å². The lowest BCUT2D eigenvalue weighted by molar-refractivity contribution is -0.161. The van der Waals surface area contributed by atoms with Gasteiger partial charge in [0, 0.05) is 16.0 Å². The Hall–Kier alpha value is -1.81. The minimum atomic E-state index is -0.969. The van der Waals surface area contributed by atoms with Crippen LogP contribution < -0.4 is 4.87 Å². The monoisotopic (exact) mass is 566 g/mol. The first-order chi connectivity index (χ1) is 17.1. The molecule has 3 fully saturated rings. The number of likely N-dealkylation sites (tertiary alicyclic amines) is 1. The van der Waals surface area contributed by atoms with E-state index in [1.54, 1.807) is 38.6 Å². The predicted molar refractivity (Wildman–Crippen MR) is 137 cm³/mol. The summed E-state index contributed by atoms with van der Waals surface area (Å²) in [4.78, 5) is 57.1. The fourth-order valence-electron chi connectivity index (χ4n) is 6.97. The molecule has 6 rings (SSSR count). The number of rotatable bonds is 4. The predicted octanol–water partition coefficient (Wildman–Crippen LogP) is 4.56. The summed E-state index contributed by atoms with van der Waals surface area (Å²) in [6, 6.07) is 4.54. The molecule has 1 aromatic heterocycles. The number of fused-ring (bicyclic) bond motifs is 9. The van der Waals surface area contributed by atoms with E-state index < -0.39 is 23.8 Å². The molecule has 0 spiro atoms. The number of carbonyl (C=O) groups excluding carboxylic acids is 3. The number of H-pyrrole nitrogens is 1. The van der Waals surface area contributed by atoms with E-state index in [1.165, 1.54) is 11.3 Å². The molecule has 36 heavy (non-hydrogen) atoms. The van der Waals surface area contributed by atoms with Gasteiger partial charge in [0.05, 0.1) is 33.0 Å². The van der Waals surface area contributed by atoms with Crippen LogP contribution in [-0.4, -0.2) is 45.1 Å². The molecular weight excluding hydrogens is 543 g/mol. The number of hydrogen-bond acceptors (Lipinski definition) is 7. The molecule has 3 heterocycles. The van der Waals surface area contributed by atoms with Crippen molar-refractivity contribution in [2.75, 3.05) is 0 Å². The first-order valence-electron chi connectivity index (χ1n) is 12.0. The van der Waals surface area contributed by atoms with E-state index in [0.717, 1.165) is 26.8 Å². The van der Waals surface area contributed by atoms with Crippen molar-refractivity contribution in [3.05, 3.63) is 48.4 Å². The topological polar surface area (TPSA) is 96.5 Å². The van der Waals surface area contributed by atoms with Gasteiger partial charge in [0.15, 0.2) is 0 Å². The maximum atomic E-state index is 13.7. The number of amides is 2. The SMILES string of the molecule is CC(C)OC(=O)C(C)N1C(=O)C2C3CC(C2C1=O)C1C(c2cccc(Cl)c2Cl)c2sc(=O)[nH]c2SC31. The fraction of sp³-hybridized carbons (Fsp3) is 0.520. The van der Waals surface area contributed by atoms with Crippen LogP contribution in [0.3, 0.4) is 0 Å². The molecule has 2 aromatic rings. The second-order valence-electron chi connectivity index (χ2n) is 10.3. The highest BCUT2D eigenvalue weighted by Gasteiger charge is 2.70. The van der Waals surface area contributed by atoms with Crippen LogP contribution in [0.4, 0.5) is 0 Å². The van der Waals surface area contributed by atoms with Crippen LogP contribution in [0.15, 0.2) is 28.0 Å². The Bertz CT molecular complexity index is 1360. The average molecular weight is 568 g/mol. The number of thioether (sulfide) groups is 1. The number of nitrogens with zero attached hydrogens (tertiary/aromatic N) is 1. The summed E-state index contributed by atoms with van der Waals surface area (Å²) in [6.45, 7) is 5.03. The highest BCUT2D eigenvalue weighted by Crippen LogP contribution is 2.69. The molecule has 2 aliphatic heterocycles. The van der Waals surface area contributed by atoms with Crippen molar-refractivity contribution in [1.82, 2.24) is 9.88 Å². The number of ether oxygens (including phenoxy) is 1. The standard InChI is InChI=1S/C25H24Cl2N2O5S2/c1-8(2)34-24(32)9(3)29-22(30)16-11-7-12(17(16)23(29)31)19-15(11)14(10-5-4-6-13(26)18(10)27)20-21(35-19)28-25(33)36-20/h4-6,8-9,11-12,14-17,19H,7H2,1-3H3,(H,28,33). The smallest absolute Gasteiger partial charge is 0.329 e. The summed E-state index contributed by atoms with van der Waals surface area (Å²) in [5.41, 5.74) is 0.836. The number of aromatic amines is 1. The number of esters is 1. The average Bonchev–Trinajstić information content (AvgIpc) is 3.54. The second kappa shape index (κ2) is 8.61. The van der Waals surface area contributed by atoms with E-state index in [0.29, 0.717) is 10.0 Å². The summed E-state index contributed by atoms with van der Waals surface area (Å²) in [7, 11) is 0. The zero-order valence-electron chi connectivity index (χ0n) is 19.7. The van der Waals surface area contributed by atoms with Crippen molar-refractivity contribution in [3.8, 4) is 0 Å². The van der Waals surface area contributed by atoms with Crippen molar-refractivity contribution >= 4 is 64.1 Å². The molecule has 1 aromatic carbocycles. The van der Waals surface area contributed by atoms with Crippen molar-refractivity contribution in [2.24, 2.45) is 29.6 Å². The van der Waals surface area contributed by atoms with E-state index in [4.69, 9.17) is 27.9 Å². The summed E-state index contributed by atoms with van der Waals surface area (Å²) in [6.07, 6.45) is 0.411. The third-order valence-corrected chi connectivity index (χ3v) is 11.6. The number of benzene rings is 1. The molecule has 2 bridgehead atoms. The van der Waals surface area contributed by atoms with Crippen LogP contribution in [0, 0.1) is 29.6 Å². The van der Waals surface area contributed by atoms with Crippen molar-refractivity contribution in [1.29, 1.82) is 0 Å². The Morgan fingerprint density at radius 2 is 1.81 bits per heavy atom. The van der Waals surface area contributed by atoms with E-state index in [2.05, 4.69) is 4.98 Å². The maximum absolute atomic E-state index is 13.7. The van der Waals surface area contributed by atoms with Crippen LogP contribution in [0.5, 0.6) is 0 Å². The minimum absolute atomic E-state index is 0.00536. The largest absolute Gasteiger partial charge is 0.461 e. The molecule has 1 saturated heterocycles. The van der Waals surface area contributed by atoms with E-state index >= 15 is 0 Å². The van der Waals surface area contributed by atoms with Crippen molar-refractivity contribution in [2.45, 2.75) is 55.5 Å². The number of halogens is 2. The van der Waals surface area contributed by atoms with Crippen LogP contribution in [0.2, 0.25) is 10.0 Å². The van der Waals surface area contributed by atoms with Gasteiger partial charge in [0.1, 0.15) is 6.04 Å². The van der Waals surface area contributed by atoms with Crippen LogP contribution in [0.25, 0.3) is 0 Å². The summed E-state index contributed by atoms with van der Waals surface area (Å²) in [5.74, 6) is -2.42. The molecular formula is C25H24Cl2N2O5S2. The quantitative estimate of drug-likeness (QED) is 0.430. The van der Waals surface area contributed by atoms with E-state index in [-0.39, 0.29) is 51.7 Å². The zero-order chi connectivity index (χ0) is 25.6. The molecule has 8 unspecified atom stereocenters. The highest BCUT2D eigenvalue weighted by molar-refractivity contribution is 8.00. The molecule has 0 radical (unpaired) electrons. The van der Waals surface area contributed by atoms with Gasteiger partial charge in [-0.3, -0.25) is 19.3 Å². The molecule has 2 amide bonds. The Kier molecular flexibility index (Phi) is 5.87. The Balaban J connectivity index is 1.41. The van der Waals surface area contributed by atoms with Crippen LogP contribution in [0.1, 0.15) is 43.6 Å². The van der Waals surface area contributed by atoms with Gasteiger partial charge < -0.3 is 9.72 Å². The Morgan fingerprint density at radius 1 is 1.11 bits per heavy atom. The number of nitrogens with one attached hydrogen (secondary N) is 1. The van der Waals surface area contributed by atoms with Gasteiger partial charge in [-0.25, -0.2) is 4.79 Å². The van der Waals surface area contributed by atoms with E-state index in [1.807, 2.05) is 12.1 Å². The van der Waals surface area contributed by atoms with Gasteiger partial charge >= 0.3 is 10.8 Å². The molecule has 2 saturated carbocycles. The van der Waals surface area contributed by atoms with Gasteiger partial charge in [0.2, 0.25) is 11.8 Å². The van der Waals surface area contributed by atoms with Crippen LogP contribution in [-0.2, 0) is 19.1 Å². The number of hydrogen-bond donors (Lipinski definition) is 1. The zero-order valence-corrected chi connectivity index (χ0v) is 22.8. The molecule has 1 N–H and O–H groups in total. The molecule has 7 nitrogen and oxygen atoms in total. The number of imide groups is 1. The third kappa shape index (κ3) is 3.38. The fourth-order valence-corrected chi connectivity index (χ4v) is 10.3. The summed E-state index contributed by atoms with van der Waals surface area (Å²) in [5, 5.41) is 1.72. The molecule has 2 aliphatic carbocycles. The van der Waals surface area contributed by atoms with Gasteiger partial charge in [-0.2, -0.15) is 0 Å². The Labute approximate surface area is 225 Å². The lowest BCUT2D eigenvalue weighted by Crippen LogP contribution is -2.45.